The van der Waals surface area contributed by atoms with Crippen molar-refractivity contribution < 1.29 is 18.3 Å². The molecule has 1 aromatic heterocycles. The van der Waals surface area contributed by atoms with Crippen molar-refractivity contribution in [3.05, 3.63) is 28.2 Å². The monoisotopic (exact) mass is 276 g/mol. The van der Waals surface area contributed by atoms with E-state index >= 15 is 0 Å². The minimum absolute atomic E-state index is 0.185. The highest BCUT2D eigenvalue weighted by Crippen LogP contribution is 2.30. The Morgan fingerprint density at radius 2 is 1.89 bits per heavy atom. The first-order chi connectivity index (χ1) is 8.80. The quantitative estimate of drug-likeness (QED) is 0.898. The lowest BCUT2D eigenvalue weighted by atomic mass is 9.85. The summed E-state index contributed by atoms with van der Waals surface area (Å²) in [6.45, 7) is -0.185. The van der Waals surface area contributed by atoms with E-state index in [1.165, 1.54) is 0 Å². The third-order valence-electron chi connectivity index (χ3n) is 3.39. The van der Waals surface area contributed by atoms with Gasteiger partial charge < -0.3 is 5.11 Å². The Hall–Kier alpha value is -1.37. The third kappa shape index (κ3) is 3.34. The fourth-order valence-electron chi connectivity index (χ4n) is 2.36. The van der Waals surface area contributed by atoms with E-state index < -0.39 is 23.0 Å². The molecule has 106 valence electrons. The summed E-state index contributed by atoms with van der Waals surface area (Å²) in [6.07, 6.45) is -1.01. The topological polar surface area (TPSA) is 55.1 Å². The van der Waals surface area contributed by atoms with E-state index in [2.05, 4.69) is 5.10 Å². The van der Waals surface area contributed by atoms with Gasteiger partial charge in [-0.2, -0.15) is 18.3 Å². The first kappa shape index (κ1) is 14.0. The number of hydrogen-bond acceptors (Lipinski definition) is 3. The number of alkyl halides is 3. The molecule has 0 saturated heterocycles. The lowest BCUT2D eigenvalue weighted by Gasteiger charge is -2.32. The second-order valence-corrected chi connectivity index (χ2v) is 5.00. The van der Waals surface area contributed by atoms with Crippen LogP contribution in [-0.4, -0.2) is 20.5 Å². The van der Waals surface area contributed by atoms with Crippen LogP contribution in [0.4, 0.5) is 13.2 Å². The van der Waals surface area contributed by atoms with Crippen LogP contribution < -0.4 is 5.56 Å². The number of aliphatic hydroxyl groups is 1. The SMILES string of the molecule is O=c1ccc(C(F)(F)F)nn1CC1(O)CCCCC1. The van der Waals surface area contributed by atoms with Crippen LogP contribution in [0.2, 0.25) is 0 Å². The molecule has 1 aliphatic carbocycles. The molecule has 4 nitrogen and oxygen atoms in total. The van der Waals surface area contributed by atoms with Gasteiger partial charge in [-0.1, -0.05) is 19.3 Å². The molecule has 1 heterocycles. The van der Waals surface area contributed by atoms with Gasteiger partial charge in [0.1, 0.15) is 0 Å². The van der Waals surface area contributed by atoms with Gasteiger partial charge in [0.15, 0.2) is 5.69 Å². The van der Waals surface area contributed by atoms with Crippen molar-refractivity contribution in [2.24, 2.45) is 0 Å². The smallest absolute Gasteiger partial charge is 0.388 e. The largest absolute Gasteiger partial charge is 0.435 e. The van der Waals surface area contributed by atoms with Gasteiger partial charge >= 0.3 is 6.18 Å². The third-order valence-corrected chi connectivity index (χ3v) is 3.39. The predicted octanol–water partition coefficient (Wildman–Crippen LogP) is 1.96. The highest BCUT2D eigenvalue weighted by atomic mass is 19.4. The summed E-state index contributed by atoms with van der Waals surface area (Å²) in [5.41, 5.74) is -2.88. The summed E-state index contributed by atoms with van der Waals surface area (Å²) >= 11 is 0. The molecule has 0 amide bonds. The molecule has 1 aliphatic rings. The number of hydrogen-bond donors (Lipinski definition) is 1. The normalized spacial score (nSPS) is 19.4. The molecule has 1 fully saturated rings. The van der Waals surface area contributed by atoms with E-state index in [0.717, 1.165) is 25.3 Å². The summed E-state index contributed by atoms with van der Waals surface area (Å²) < 4.78 is 38.3. The molecule has 1 N–H and O–H groups in total. The highest BCUT2D eigenvalue weighted by molar-refractivity contribution is 5.04. The maximum absolute atomic E-state index is 12.5. The zero-order chi connectivity index (χ0) is 14.1. The van der Waals surface area contributed by atoms with Crippen LogP contribution >= 0.6 is 0 Å². The van der Waals surface area contributed by atoms with Crippen LogP contribution in [0.5, 0.6) is 0 Å². The molecule has 0 spiro atoms. The van der Waals surface area contributed by atoms with Gasteiger partial charge in [0, 0.05) is 6.07 Å². The molecule has 1 aromatic rings. The van der Waals surface area contributed by atoms with Crippen LogP contribution in [0.3, 0.4) is 0 Å². The van der Waals surface area contributed by atoms with Crippen molar-refractivity contribution in [3.63, 3.8) is 0 Å². The zero-order valence-corrected chi connectivity index (χ0v) is 10.3. The Labute approximate surface area is 107 Å². The van der Waals surface area contributed by atoms with E-state index in [0.29, 0.717) is 23.6 Å². The second-order valence-electron chi connectivity index (χ2n) is 5.00. The molecule has 0 aromatic carbocycles. The summed E-state index contributed by atoms with van der Waals surface area (Å²) in [5, 5.41) is 13.6. The number of nitrogens with zero attached hydrogens (tertiary/aromatic N) is 2. The van der Waals surface area contributed by atoms with Gasteiger partial charge in [-0.3, -0.25) is 4.79 Å². The fraction of sp³-hybridized carbons (Fsp3) is 0.667. The number of halogens is 3. The van der Waals surface area contributed by atoms with Crippen LogP contribution in [0.15, 0.2) is 16.9 Å². The highest BCUT2D eigenvalue weighted by Gasteiger charge is 2.35. The Bertz CT molecular complexity index is 504. The van der Waals surface area contributed by atoms with E-state index in [1.54, 1.807) is 0 Å². The summed E-state index contributed by atoms with van der Waals surface area (Å²) in [4.78, 5) is 11.5. The van der Waals surface area contributed by atoms with Gasteiger partial charge in [-0.25, -0.2) is 4.68 Å². The standard InChI is InChI=1S/C12H15F3N2O2/c13-12(14,15)9-4-5-10(18)17(16-9)8-11(19)6-2-1-3-7-11/h4-5,19H,1-3,6-8H2. The van der Waals surface area contributed by atoms with Crippen LogP contribution in [0.25, 0.3) is 0 Å². The fourth-order valence-corrected chi connectivity index (χ4v) is 2.36. The molecule has 7 heteroatoms. The predicted molar refractivity (Wildman–Crippen MR) is 61.5 cm³/mol. The van der Waals surface area contributed by atoms with Crippen LogP contribution in [0.1, 0.15) is 37.8 Å². The minimum Gasteiger partial charge on any atom is -0.388 e. The maximum atomic E-state index is 12.5. The lowest BCUT2D eigenvalue weighted by molar-refractivity contribution is -0.142. The van der Waals surface area contributed by atoms with E-state index in [4.69, 9.17) is 0 Å². The van der Waals surface area contributed by atoms with Gasteiger partial charge in [0.05, 0.1) is 12.1 Å². The number of rotatable bonds is 2. The first-order valence-corrected chi connectivity index (χ1v) is 6.18. The van der Waals surface area contributed by atoms with Crippen molar-refractivity contribution in [2.75, 3.05) is 0 Å². The maximum Gasteiger partial charge on any atom is 0.435 e. The van der Waals surface area contributed by atoms with Crippen molar-refractivity contribution in [3.8, 4) is 0 Å². The molecule has 2 rings (SSSR count). The van der Waals surface area contributed by atoms with Crippen LogP contribution in [0, 0.1) is 0 Å². The van der Waals surface area contributed by atoms with Crippen molar-refractivity contribution in [2.45, 2.75) is 50.4 Å². The zero-order valence-electron chi connectivity index (χ0n) is 10.3. The van der Waals surface area contributed by atoms with Crippen molar-refractivity contribution in [1.29, 1.82) is 0 Å². The van der Waals surface area contributed by atoms with Gasteiger partial charge in [0.25, 0.3) is 5.56 Å². The molecule has 0 aliphatic heterocycles. The Balaban J connectivity index is 2.26. The number of aromatic nitrogens is 2. The Morgan fingerprint density at radius 3 is 2.47 bits per heavy atom. The molecular formula is C12H15F3N2O2. The van der Waals surface area contributed by atoms with Gasteiger partial charge in [-0.15, -0.1) is 0 Å². The molecule has 0 radical (unpaired) electrons. The van der Waals surface area contributed by atoms with Crippen LogP contribution in [-0.2, 0) is 12.7 Å². The summed E-state index contributed by atoms with van der Waals surface area (Å²) in [7, 11) is 0. The van der Waals surface area contributed by atoms with E-state index in [-0.39, 0.29) is 6.54 Å². The molecule has 19 heavy (non-hydrogen) atoms. The Kier molecular flexibility index (Phi) is 3.66. The molecule has 0 atom stereocenters. The minimum atomic E-state index is -4.59. The first-order valence-electron chi connectivity index (χ1n) is 6.18. The second kappa shape index (κ2) is 4.96. The van der Waals surface area contributed by atoms with Crippen molar-refractivity contribution >= 4 is 0 Å². The average molecular weight is 276 g/mol. The molecule has 0 unspecified atom stereocenters. The van der Waals surface area contributed by atoms with E-state index in [1.807, 2.05) is 0 Å². The Morgan fingerprint density at radius 1 is 1.26 bits per heavy atom. The van der Waals surface area contributed by atoms with Crippen molar-refractivity contribution in [1.82, 2.24) is 9.78 Å². The van der Waals surface area contributed by atoms with Gasteiger partial charge in [0.2, 0.25) is 0 Å². The average Bonchev–Trinajstić information content (AvgIpc) is 2.31. The van der Waals surface area contributed by atoms with E-state index in [9.17, 15) is 23.1 Å². The lowest BCUT2D eigenvalue weighted by Crippen LogP contribution is -2.41. The van der Waals surface area contributed by atoms with Gasteiger partial charge in [-0.05, 0) is 18.9 Å². The summed E-state index contributed by atoms with van der Waals surface area (Å²) in [6, 6.07) is 1.49. The summed E-state index contributed by atoms with van der Waals surface area (Å²) in [5.74, 6) is 0. The molecule has 1 saturated carbocycles. The molecular weight excluding hydrogens is 261 g/mol. The molecule has 0 bridgehead atoms.